The van der Waals surface area contributed by atoms with Gasteiger partial charge >= 0.3 is 0 Å². The smallest absolute Gasteiger partial charge is 0.286 e. The van der Waals surface area contributed by atoms with E-state index < -0.39 is 11.7 Å². The molecule has 0 aliphatic carbocycles. The molecule has 3 heterocycles. The van der Waals surface area contributed by atoms with Gasteiger partial charge in [0, 0.05) is 18.8 Å². The topological polar surface area (TPSA) is 117 Å². The first-order valence-electron chi connectivity index (χ1n) is 9.99. The van der Waals surface area contributed by atoms with E-state index in [4.69, 9.17) is 4.42 Å². The number of hydrogen-bond donors (Lipinski definition) is 2. The van der Waals surface area contributed by atoms with Crippen molar-refractivity contribution in [3.63, 3.8) is 0 Å². The van der Waals surface area contributed by atoms with E-state index in [9.17, 15) is 18.8 Å². The standard InChI is InChI=1S/C21H20FN5O4S/c22-14-5-7-15(8-6-14)24-18(29)19-25-26-20(32-19)21(30)27-9-1-3-13(12-27)17(28)23-11-16-4-2-10-31-16/h2,4-8,10,13H,1,3,9,11-12H2,(H,23,28)(H,24,29). The highest BCUT2D eigenvalue weighted by atomic mass is 32.1. The van der Waals surface area contributed by atoms with Crippen LogP contribution in [0.5, 0.6) is 0 Å². The summed E-state index contributed by atoms with van der Waals surface area (Å²) in [5.41, 5.74) is 0.402. The molecule has 0 saturated carbocycles. The maximum atomic E-state index is 13.0. The van der Waals surface area contributed by atoms with Crippen LogP contribution >= 0.6 is 11.3 Å². The minimum atomic E-state index is -0.540. The van der Waals surface area contributed by atoms with Crippen LogP contribution in [0.4, 0.5) is 10.1 Å². The summed E-state index contributed by atoms with van der Waals surface area (Å²) < 4.78 is 18.2. The van der Waals surface area contributed by atoms with Crippen LogP contribution in [0.15, 0.2) is 47.1 Å². The molecule has 2 N–H and O–H groups in total. The Morgan fingerprint density at radius 3 is 2.69 bits per heavy atom. The number of benzene rings is 1. The van der Waals surface area contributed by atoms with E-state index in [1.165, 1.54) is 24.3 Å². The van der Waals surface area contributed by atoms with Crippen molar-refractivity contribution in [2.75, 3.05) is 18.4 Å². The van der Waals surface area contributed by atoms with Crippen molar-refractivity contribution in [1.82, 2.24) is 20.4 Å². The van der Waals surface area contributed by atoms with Gasteiger partial charge in [-0.1, -0.05) is 11.3 Å². The average Bonchev–Trinajstić information content (AvgIpc) is 3.51. The summed E-state index contributed by atoms with van der Waals surface area (Å²) in [6.45, 7) is 1.05. The molecule has 0 spiro atoms. The van der Waals surface area contributed by atoms with E-state index in [2.05, 4.69) is 20.8 Å². The third-order valence-electron chi connectivity index (χ3n) is 5.00. The fourth-order valence-corrected chi connectivity index (χ4v) is 4.07. The zero-order chi connectivity index (χ0) is 22.5. The molecule has 166 valence electrons. The molecule has 1 unspecified atom stereocenters. The maximum Gasteiger partial charge on any atom is 0.286 e. The lowest BCUT2D eigenvalue weighted by Crippen LogP contribution is -2.45. The maximum absolute atomic E-state index is 13.0. The van der Waals surface area contributed by atoms with E-state index in [0.29, 0.717) is 37.4 Å². The van der Waals surface area contributed by atoms with Gasteiger partial charge in [-0.2, -0.15) is 0 Å². The van der Waals surface area contributed by atoms with Gasteiger partial charge in [0.2, 0.25) is 15.9 Å². The Morgan fingerprint density at radius 2 is 1.94 bits per heavy atom. The van der Waals surface area contributed by atoms with Gasteiger partial charge in [0.15, 0.2) is 0 Å². The number of carbonyl (C=O) groups excluding carboxylic acids is 3. The summed E-state index contributed by atoms with van der Waals surface area (Å²) in [5.74, 6) is -1.15. The number of nitrogens with one attached hydrogen (secondary N) is 2. The molecule has 1 aromatic carbocycles. The number of piperidine rings is 1. The zero-order valence-corrected chi connectivity index (χ0v) is 17.7. The van der Waals surface area contributed by atoms with Crippen molar-refractivity contribution in [3.05, 3.63) is 64.3 Å². The number of nitrogens with zero attached hydrogens (tertiary/aromatic N) is 3. The first kappa shape index (κ1) is 21.6. The Hall–Kier alpha value is -3.60. The Bertz CT molecular complexity index is 1100. The minimum absolute atomic E-state index is 0.0161. The first-order valence-corrected chi connectivity index (χ1v) is 10.8. The molecular formula is C21H20FN5O4S. The molecule has 3 amide bonds. The van der Waals surface area contributed by atoms with Crippen LogP contribution in [-0.2, 0) is 11.3 Å². The lowest BCUT2D eigenvalue weighted by molar-refractivity contribution is -0.126. The summed E-state index contributed by atoms with van der Waals surface area (Å²) in [7, 11) is 0. The normalized spacial score (nSPS) is 15.9. The van der Waals surface area contributed by atoms with Crippen LogP contribution in [0.1, 0.15) is 38.2 Å². The van der Waals surface area contributed by atoms with Gasteiger partial charge in [0.25, 0.3) is 11.8 Å². The predicted molar refractivity (Wildman–Crippen MR) is 113 cm³/mol. The minimum Gasteiger partial charge on any atom is -0.467 e. The van der Waals surface area contributed by atoms with Crippen LogP contribution in [0.2, 0.25) is 0 Å². The average molecular weight is 457 g/mol. The monoisotopic (exact) mass is 457 g/mol. The van der Waals surface area contributed by atoms with Crippen LogP contribution in [0, 0.1) is 11.7 Å². The third-order valence-corrected chi connectivity index (χ3v) is 5.91. The number of furan rings is 1. The summed E-state index contributed by atoms with van der Waals surface area (Å²) in [6, 6.07) is 8.82. The molecule has 1 saturated heterocycles. The number of hydrogen-bond acceptors (Lipinski definition) is 7. The first-order chi connectivity index (χ1) is 15.5. The summed E-state index contributed by atoms with van der Waals surface area (Å²) in [6.07, 6.45) is 2.90. The molecule has 2 aromatic heterocycles. The SMILES string of the molecule is O=C(Nc1ccc(F)cc1)c1nnc(C(=O)N2CCCC(C(=O)NCc3ccco3)C2)s1. The summed E-state index contributed by atoms with van der Waals surface area (Å²) in [4.78, 5) is 39.2. The number of anilines is 1. The highest BCUT2D eigenvalue weighted by molar-refractivity contribution is 7.15. The number of likely N-dealkylation sites (tertiary alicyclic amines) is 1. The van der Waals surface area contributed by atoms with Gasteiger partial charge in [-0.25, -0.2) is 4.39 Å². The molecule has 1 fully saturated rings. The van der Waals surface area contributed by atoms with Crippen LogP contribution in [-0.4, -0.2) is 45.9 Å². The molecule has 4 rings (SSSR count). The molecule has 1 aliphatic rings. The number of carbonyl (C=O) groups is 3. The fourth-order valence-electron chi connectivity index (χ4n) is 3.36. The summed E-state index contributed by atoms with van der Waals surface area (Å²) >= 11 is 0.871. The van der Waals surface area contributed by atoms with Crippen LogP contribution < -0.4 is 10.6 Å². The van der Waals surface area contributed by atoms with Gasteiger partial charge in [-0.15, -0.1) is 10.2 Å². The molecule has 32 heavy (non-hydrogen) atoms. The van der Waals surface area contributed by atoms with Gasteiger partial charge in [-0.05, 0) is 49.2 Å². The predicted octanol–water partition coefficient (Wildman–Crippen LogP) is 2.69. The van der Waals surface area contributed by atoms with Gasteiger partial charge in [-0.3, -0.25) is 14.4 Å². The van der Waals surface area contributed by atoms with Crippen molar-refractivity contribution in [2.45, 2.75) is 19.4 Å². The zero-order valence-electron chi connectivity index (χ0n) is 16.9. The van der Waals surface area contributed by atoms with E-state index in [0.717, 1.165) is 11.3 Å². The lowest BCUT2D eigenvalue weighted by Gasteiger charge is -2.31. The highest BCUT2D eigenvalue weighted by Gasteiger charge is 2.31. The van der Waals surface area contributed by atoms with Crippen molar-refractivity contribution in [1.29, 1.82) is 0 Å². The molecule has 0 radical (unpaired) electrons. The van der Waals surface area contributed by atoms with Gasteiger partial charge in [0.1, 0.15) is 11.6 Å². The van der Waals surface area contributed by atoms with Crippen molar-refractivity contribution in [2.24, 2.45) is 5.92 Å². The number of halogens is 1. The quantitative estimate of drug-likeness (QED) is 0.588. The van der Waals surface area contributed by atoms with Gasteiger partial charge < -0.3 is 20.0 Å². The molecule has 9 nitrogen and oxygen atoms in total. The third kappa shape index (κ3) is 5.17. The van der Waals surface area contributed by atoms with E-state index in [-0.39, 0.29) is 34.3 Å². The number of amides is 3. The van der Waals surface area contributed by atoms with Crippen molar-refractivity contribution < 1.29 is 23.2 Å². The van der Waals surface area contributed by atoms with E-state index in [1.807, 2.05) is 0 Å². The van der Waals surface area contributed by atoms with Crippen molar-refractivity contribution >= 4 is 34.7 Å². The van der Waals surface area contributed by atoms with Crippen LogP contribution in [0.25, 0.3) is 0 Å². The second kappa shape index (κ2) is 9.69. The van der Waals surface area contributed by atoms with E-state index in [1.54, 1.807) is 23.3 Å². The summed E-state index contributed by atoms with van der Waals surface area (Å²) in [5, 5.41) is 13.2. The van der Waals surface area contributed by atoms with Crippen molar-refractivity contribution in [3.8, 4) is 0 Å². The Kier molecular flexibility index (Phi) is 6.55. The molecule has 0 bridgehead atoms. The molecule has 1 aliphatic heterocycles. The Balaban J connectivity index is 1.34. The largest absolute Gasteiger partial charge is 0.467 e. The molecular weight excluding hydrogens is 437 g/mol. The Morgan fingerprint density at radius 1 is 1.16 bits per heavy atom. The van der Waals surface area contributed by atoms with E-state index >= 15 is 0 Å². The second-order valence-electron chi connectivity index (χ2n) is 7.26. The van der Waals surface area contributed by atoms with Gasteiger partial charge in [0.05, 0.1) is 18.7 Å². The lowest BCUT2D eigenvalue weighted by atomic mass is 9.97. The fraction of sp³-hybridized carbons (Fsp3) is 0.286. The Labute approximate surface area is 186 Å². The molecule has 3 aromatic rings. The highest BCUT2D eigenvalue weighted by Crippen LogP contribution is 2.21. The molecule has 11 heteroatoms. The number of rotatable bonds is 6. The van der Waals surface area contributed by atoms with Crippen LogP contribution in [0.3, 0.4) is 0 Å². The second-order valence-corrected chi connectivity index (χ2v) is 8.24. The molecule has 1 atom stereocenters. The number of aromatic nitrogens is 2.